The first-order valence-corrected chi connectivity index (χ1v) is 6.83. The number of thiophene rings is 1. The number of nitrogens with zero attached hydrogens (tertiary/aromatic N) is 1. The molecule has 0 spiro atoms. The number of hydrogen-bond donors (Lipinski definition) is 1. The summed E-state index contributed by atoms with van der Waals surface area (Å²) in [5.41, 5.74) is 1.04. The molecule has 0 saturated heterocycles. The van der Waals surface area contributed by atoms with E-state index in [0.717, 1.165) is 26.9 Å². The Morgan fingerprint density at radius 3 is 2.89 bits per heavy atom. The van der Waals surface area contributed by atoms with Gasteiger partial charge in [0.2, 0.25) is 0 Å². The quantitative estimate of drug-likeness (QED) is 0.825. The topological polar surface area (TPSA) is 57.6 Å². The molecule has 0 radical (unpaired) electrons. The third kappa shape index (κ3) is 3.32. The number of fused-ring (bicyclic) bond motifs is 1. The zero-order valence-electron chi connectivity index (χ0n) is 10.6. The zero-order valence-corrected chi connectivity index (χ0v) is 11.4. The summed E-state index contributed by atoms with van der Waals surface area (Å²) in [6.07, 6.45) is 1.66. The summed E-state index contributed by atoms with van der Waals surface area (Å²) in [5, 5.41) is 9.68. The van der Waals surface area contributed by atoms with E-state index in [4.69, 9.17) is 5.11 Å². The fourth-order valence-electron chi connectivity index (χ4n) is 1.93. The van der Waals surface area contributed by atoms with Crippen molar-refractivity contribution in [2.45, 2.75) is 12.8 Å². The van der Waals surface area contributed by atoms with Crippen molar-refractivity contribution in [1.82, 2.24) is 0 Å². The SMILES string of the molecule is CN(CCCC(=O)O)c1ccc2cc(C=O)sc2c1. The second-order valence-corrected chi connectivity index (χ2v) is 5.52. The maximum absolute atomic E-state index is 10.7. The molecule has 0 aliphatic rings. The molecule has 1 aromatic heterocycles. The lowest BCUT2D eigenvalue weighted by Crippen LogP contribution is -2.19. The van der Waals surface area contributed by atoms with Gasteiger partial charge in [0.25, 0.3) is 0 Å². The van der Waals surface area contributed by atoms with Gasteiger partial charge in [-0.25, -0.2) is 0 Å². The molecule has 1 aromatic carbocycles. The van der Waals surface area contributed by atoms with Crippen LogP contribution in [0.2, 0.25) is 0 Å². The number of hydrogen-bond acceptors (Lipinski definition) is 4. The van der Waals surface area contributed by atoms with Gasteiger partial charge in [-0.3, -0.25) is 9.59 Å². The highest BCUT2D eigenvalue weighted by Crippen LogP contribution is 2.28. The van der Waals surface area contributed by atoms with E-state index in [9.17, 15) is 9.59 Å². The molecule has 4 nitrogen and oxygen atoms in total. The van der Waals surface area contributed by atoms with Gasteiger partial charge in [-0.2, -0.15) is 0 Å². The summed E-state index contributed by atoms with van der Waals surface area (Å²) in [5.74, 6) is -0.766. The Bertz CT molecular complexity index is 606. The van der Waals surface area contributed by atoms with Gasteiger partial charge in [0.05, 0.1) is 4.88 Å². The van der Waals surface area contributed by atoms with Crippen LogP contribution in [0.4, 0.5) is 5.69 Å². The number of aliphatic carboxylic acids is 1. The van der Waals surface area contributed by atoms with E-state index in [-0.39, 0.29) is 6.42 Å². The van der Waals surface area contributed by atoms with Crippen molar-refractivity contribution in [3.8, 4) is 0 Å². The molecule has 0 atom stereocenters. The maximum Gasteiger partial charge on any atom is 0.303 e. The lowest BCUT2D eigenvalue weighted by Gasteiger charge is -2.18. The fraction of sp³-hybridized carbons (Fsp3) is 0.286. The lowest BCUT2D eigenvalue weighted by atomic mass is 10.2. The molecule has 0 unspecified atom stereocenters. The minimum absolute atomic E-state index is 0.181. The van der Waals surface area contributed by atoms with Gasteiger partial charge in [0.1, 0.15) is 0 Å². The molecule has 0 fully saturated rings. The molecule has 0 saturated carbocycles. The zero-order chi connectivity index (χ0) is 13.8. The number of rotatable bonds is 6. The summed E-state index contributed by atoms with van der Waals surface area (Å²) in [7, 11) is 1.94. The number of benzene rings is 1. The molecule has 1 heterocycles. The van der Waals surface area contributed by atoms with Gasteiger partial charge < -0.3 is 10.0 Å². The van der Waals surface area contributed by atoms with Crippen LogP contribution in [0.3, 0.4) is 0 Å². The van der Waals surface area contributed by atoms with E-state index in [1.165, 1.54) is 11.3 Å². The molecule has 5 heteroatoms. The van der Waals surface area contributed by atoms with Crippen molar-refractivity contribution >= 4 is 39.4 Å². The highest BCUT2D eigenvalue weighted by Gasteiger charge is 2.06. The minimum Gasteiger partial charge on any atom is -0.481 e. The van der Waals surface area contributed by atoms with Crippen molar-refractivity contribution in [3.05, 3.63) is 29.1 Å². The second kappa shape index (κ2) is 5.84. The molecule has 0 aliphatic heterocycles. The third-order valence-corrected chi connectivity index (χ3v) is 3.99. The molecule has 2 rings (SSSR count). The van der Waals surface area contributed by atoms with Crippen LogP contribution in [-0.2, 0) is 4.79 Å². The maximum atomic E-state index is 10.7. The standard InChI is InChI=1S/C14H15NO3S/c1-15(6-2-3-14(17)18)11-5-4-10-7-12(9-16)19-13(10)8-11/h4-5,7-9H,2-3,6H2,1H3,(H,17,18). The van der Waals surface area contributed by atoms with E-state index in [2.05, 4.69) is 0 Å². The second-order valence-electron chi connectivity index (χ2n) is 4.41. The number of carbonyl (C=O) groups excluding carboxylic acids is 1. The van der Waals surface area contributed by atoms with Crippen LogP contribution in [0.25, 0.3) is 10.1 Å². The van der Waals surface area contributed by atoms with Crippen molar-refractivity contribution in [2.24, 2.45) is 0 Å². The van der Waals surface area contributed by atoms with E-state index >= 15 is 0 Å². The summed E-state index contributed by atoms with van der Waals surface area (Å²) >= 11 is 1.47. The van der Waals surface area contributed by atoms with E-state index < -0.39 is 5.97 Å². The van der Waals surface area contributed by atoms with Gasteiger partial charge >= 0.3 is 5.97 Å². The minimum atomic E-state index is -0.766. The Morgan fingerprint density at radius 1 is 1.42 bits per heavy atom. The van der Waals surface area contributed by atoms with Crippen molar-refractivity contribution in [1.29, 1.82) is 0 Å². The normalized spacial score (nSPS) is 10.6. The average molecular weight is 277 g/mol. The average Bonchev–Trinajstić information content (AvgIpc) is 2.79. The van der Waals surface area contributed by atoms with Crippen LogP contribution in [0.15, 0.2) is 24.3 Å². The molecule has 0 aliphatic carbocycles. The van der Waals surface area contributed by atoms with Crippen LogP contribution in [0, 0.1) is 0 Å². The predicted octanol–water partition coefficient (Wildman–Crippen LogP) is 3.01. The first-order valence-electron chi connectivity index (χ1n) is 6.02. The number of carboxylic acids is 1. The molecule has 0 amide bonds. The molecule has 1 N–H and O–H groups in total. The van der Waals surface area contributed by atoms with Gasteiger partial charge in [0.15, 0.2) is 6.29 Å². The number of aldehydes is 1. The number of carbonyl (C=O) groups is 2. The lowest BCUT2D eigenvalue weighted by molar-refractivity contribution is -0.137. The Labute approximate surface area is 115 Å². The van der Waals surface area contributed by atoms with E-state index in [0.29, 0.717) is 13.0 Å². The molecule has 19 heavy (non-hydrogen) atoms. The van der Waals surface area contributed by atoms with Crippen LogP contribution >= 0.6 is 11.3 Å². The van der Waals surface area contributed by atoms with Crippen LogP contribution in [0.1, 0.15) is 22.5 Å². The van der Waals surface area contributed by atoms with Crippen LogP contribution < -0.4 is 4.90 Å². The van der Waals surface area contributed by atoms with Crippen molar-refractivity contribution < 1.29 is 14.7 Å². The van der Waals surface area contributed by atoms with Gasteiger partial charge in [-0.05, 0) is 30.0 Å². The first kappa shape index (κ1) is 13.5. The molecular formula is C14H15NO3S. The molecule has 0 bridgehead atoms. The van der Waals surface area contributed by atoms with Crippen molar-refractivity contribution in [2.75, 3.05) is 18.5 Å². The highest BCUT2D eigenvalue weighted by atomic mass is 32.1. The number of anilines is 1. The summed E-state index contributed by atoms with van der Waals surface area (Å²) in [6, 6.07) is 7.89. The van der Waals surface area contributed by atoms with Crippen LogP contribution in [-0.4, -0.2) is 31.0 Å². The predicted molar refractivity (Wildman–Crippen MR) is 77.4 cm³/mol. The van der Waals surface area contributed by atoms with Crippen molar-refractivity contribution in [3.63, 3.8) is 0 Å². The van der Waals surface area contributed by atoms with Gasteiger partial charge in [0, 0.05) is 30.4 Å². The monoisotopic (exact) mass is 277 g/mol. The van der Waals surface area contributed by atoms with Crippen LogP contribution in [0.5, 0.6) is 0 Å². The smallest absolute Gasteiger partial charge is 0.303 e. The highest BCUT2D eigenvalue weighted by molar-refractivity contribution is 7.20. The largest absolute Gasteiger partial charge is 0.481 e. The Hall–Kier alpha value is -1.88. The van der Waals surface area contributed by atoms with Gasteiger partial charge in [-0.15, -0.1) is 11.3 Å². The van der Waals surface area contributed by atoms with E-state index in [1.54, 1.807) is 0 Å². The summed E-state index contributed by atoms with van der Waals surface area (Å²) < 4.78 is 1.07. The van der Waals surface area contributed by atoms with E-state index in [1.807, 2.05) is 36.2 Å². The Balaban J connectivity index is 2.11. The first-order chi connectivity index (χ1) is 9.10. The van der Waals surface area contributed by atoms with Gasteiger partial charge in [-0.1, -0.05) is 6.07 Å². The molecular weight excluding hydrogens is 262 g/mol. The fourth-order valence-corrected chi connectivity index (χ4v) is 2.84. The summed E-state index contributed by atoms with van der Waals surface area (Å²) in [4.78, 5) is 24.0. The number of carboxylic acid groups (broad SMARTS) is 1. The summed E-state index contributed by atoms with van der Waals surface area (Å²) in [6.45, 7) is 0.698. The Morgan fingerprint density at radius 2 is 2.21 bits per heavy atom. The third-order valence-electron chi connectivity index (χ3n) is 2.96. The Kier molecular flexibility index (Phi) is 4.16. The molecule has 2 aromatic rings. The molecule has 100 valence electrons.